The van der Waals surface area contributed by atoms with Gasteiger partial charge in [-0.05, 0) is 39.7 Å². The summed E-state index contributed by atoms with van der Waals surface area (Å²) in [4.78, 5) is 11.7. The number of carbonyl (C=O) groups is 1. The Morgan fingerprint density at radius 1 is 1.04 bits per heavy atom. The topological polar surface area (TPSA) is 64.6 Å². The van der Waals surface area contributed by atoms with Gasteiger partial charge < -0.3 is 10.4 Å². The number of hydrogen-bond donors (Lipinski definition) is 3. The summed E-state index contributed by atoms with van der Waals surface area (Å²) >= 11 is 0. The Kier molecular flexibility index (Phi) is 5.69. The van der Waals surface area contributed by atoms with Crippen molar-refractivity contribution in [3.63, 3.8) is 0 Å². The van der Waals surface area contributed by atoms with Gasteiger partial charge in [0.05, 0.1) is 0 Å². The minimum atomic E-state index is -0.252. The highest BCUT2D eigenvalue weighted by atomic mass is 16.3. The van der Waals surface area contributed by atoms with Crippen molar-refractivity contribution < 1.29 is 9.90 Å². The van der Waals surface area contributed by atoms with E-state index in [0.717, 1.165) is 16.7 Å². The zero-order valence-corrected chi connectivity index (χ0v) is 15.7. The van der Waals surface area contributed by atoms with Gasteiger partial charge in [0.15, 0.2) is 0 Å². The molecule has 0 saturated heterocycles. The van der Waals surface area contributed by atoms with Gasteiger partial charge >= 0.3 is 6.03 Å². The largest absolute Gasteiger partial charge is 0.507 e. The molecule has 0 aliphatic rings. The van der Waals surface area contributed by atoms with Crippen LogP contribution in [0.4, 0.5) is 4.79 Å². The number of nitrogens with one attached hydrogen (secondary N) is 2. The molecule has 0 unspecified atom stereocenters. The number of aromatic hydroxyl groups is 1. The van der Waals surface area contributed by atoms with Crippen LogP contribution in [0.2, 0.25) is 0 Å². The van der Waals surface area contributed by atoms with E-state index in [1.54, 1.807) is 19.1 Å². The lowest BCUT2D eigenvalue weighted by molar-refractivity contribution is 0.212. The molecule has 5 nitrogen and oxygen atoms in total. The van der Waals surface area contributed by atoms with E-state index in [2.05, 4.69) is 52.3 Å². The molecule has 0 atom stereocenters. The Balaban J connectivity index is 3.16. The molecule has 0 aliphatic carbocycles. The summed E-state index contributed by atoms with van der Waals surface area (Å²) in [6.07, 6.45) is 0. The number of benzene rings is 1. The van der Waals surface area contributed by atoms with Crippen LogP contribution in [0.3, 0.4) is 0 Å². The molecule has 1 aromatic carbocycles. The number of nitrogens with zero attached hydrogens (tertiary/aromatic N) is 1. The van der Waals surface area contributed by atoms with Crippen molar-refractivity contribution in [3.05, 3.63) is 28.8 Å². The molecule has 0 bridgehead atoms. The molecule has 0 heterocycles. The van der Waals surface area contributed by atoms with Crippen molar-refractivity contribution in [2.75, 3.05) is 14.1 Å². The van der Waals surface area contributed by atoms with Crippen molar-refractivity contribution in [1.29, 1.82) is 0 Å². The minimum Gasteiger partial charge on any atom is -0.507 e. The van der Waals surface area contributed by atoms with Crippen molar-refractivity contribution in [2.45, 2.75) is 58.9 Å². The first-order valence-corrected chi connectivity index (χ1v) is 7.91. The molecule has 2 amide bonds. The fraction of sp³-hybridized carbons (Fsp3) is 0.611. The van der Waals surface area contributed by atoms with E-state index in [9.17, 15) is 9.90 Å². The highest BCUT2D eigenvalue weighted by Crippen LogP contribution is 2.39. The lowest BCUT2D eigenvalue weighted by Gasteiger charge is -2.28. The summed E-state index contributed by atoms with van der Waals surface area (Å²) in [6.45, 7) is 12.9. The number of phenolic OH excluding ortho intramolecular Hbond substituents is 1. The van der Waals surface area contributed by atoms with Crippen LogP contribution in [0.15, 0.2) is 12.1 Å². The first-order valence-electron chi connectivity index (χ1n) is 7.91. The molecular weight excluding hydrogens is 290 g/mol. The van der Waals surface area contributed by atoms with Gasteiger partial charge in [-0.2, -0.15) is 0 Å². The van der Waals surface area contributed by atoms with Gasteiger partial charge in [0, 0.05) is 20.6 Å². The molecule has 3 N–H and O–H groups in total. The second-order valence-electron chi connectivity index (χ2n) is 8.23. The Labute approximate surface area is 140 Å². The second kappa shape index (κ2) is 6.79. The number of hydrazine groups is 1. The number of carbonyl (C=O) groups excluding carboxylic acids is 1. The fourth-order valence-corrected chi connectivity index (χ4v) is 2.36. The molecule has 130 valence electrons. The Hall–Kier alpha value is -1.75. The third-order valence-electron chi connectivity index (χ3n) is 3.56. The summed E-state index contributed by atoms with van der Waals surface area (Å²) < 4.78 is 0. The van der Waals surface area contributed by atoms with Crippen LogP contribution in [0.1, 0.15) is 58.2 Å². The van der Waals surface area contributed by atoms with Gasteiger partial charge in [-0.1, -0.05) is 41.5 Å². The quantitative estimate of drug-likeness (QED) is 0.749. The average molecular weight is 321 g/mol. The Bertz CT molecular complexity index is 532. The predicted molar refractivity (Wildman–Crippen MR) is 94.6 cm³/mol. The predicted octanol–water partition coefficient (Wildman–Crippen LogP) is 3.26. The Morgan fingerprint density at radius 3 is 1.83 bits per heavy atom. The van der Waals surface area contributed by atoms with E-state index in [1.807, 2.05) is 12.1 Å². The molecule has 0 fully saturated rings. The summed E-state index contributed by atoms with van der Waals surface area (Å²) in [5, 5.41) is 15.1. The van der Waals surface area contributed by atoms with Crippen molar-refractivity contribution in [2.24, 2.45) is 0 Å². The number of urea groups is 1. The fourth-order valence-electron chi connectivity index (χ4n) is 2.36. The van der Waals surface area contributed by atoms with Crippen LogP contribution in [0, 0.1) is 0 Å². The molecule has 5 heteroatoms. The van der Waals surface area contributed by atoms with Crippen LogP contribution in [0.25, 0.3) is 0 Å². The number of amides is 2. The van der Waals surface area contributed by atoms with Crippen molar-refractivity contribution in [1.82, 2.24) is 15.8 Å². The summed E-state index contributed by atoms with van der Waals surface area (Å²) in [7, 11) is 3.52. The van der Waals surface area contributed by atoms with E-state index < -0.39 is 0 Å². The maximum atomic E-state index is 11.7. The van der Waals surface area contributed by atoms with Crippen LogP contribution < -0.4 is 10.7 Å². The molecule has 1 aromatic rings. The van der Waals surface area contributed by atoms with Crippen LogP contribution >= 0.6 is 0 Å². The maximum Gasteiger partial charge on any atom is 0.329 e. The zero-order chi connectivity index (χ0) is 18.0. The lowest BCUT2D eigenvalue weighted by atomic mass is 9.78. The molecule has 1 rings (SSSR count). The van der Waals surface area contributed by atoms with E-state index in [1.165, 1.54) is 0 Å². The number of phenols is 1. The first-order chi connectivity index (χ1) is 10.3. The Morgan fingerprint density at radius 2 is 1.48 bits per heavy atom. The molecular formula is C18H31N3O2. The number of hydrogen-bond acceptors (Lipinski definition) is 3. The van der Waals surface area contributed by atoms with Gasteiger partial charge in [-0.25, -0.2) is 9.80 Å². The maximum absolute atomic E-state index is 11.7. The normalized spacial score (nSPS) is 12.4. The third-order valence-corrected chi connectivity index (χ3v) is 3.56. The zero-order valence-electron chi connectivity index (χ0n) is 15.7. The third kappa shape index (κ3) is 5.43. The van der Waals surface area contributed by atoms with E-state index in [0.29, 0.717) is 12.3 Å². The van der Waals surface area contributed by atoms with Crippen molar-refractivity contribution in [3.8, 4) is 5.75 Å². The highest BCUT2D eigenvalue weighted by Gasteiger charge is 2.26. The van der Waals surface area contributed by atoms with Gasteiger partial charge in [0.1, 0.15) is 5.75 Å². The smallest absolute Gasteiger partial charge is 0.329 e. The van der Waals surface area contributed by atoms with Crippen LogP contribution in [-0.2, 0) is 17.4 Å². The van der Waals surface area contributed by atoms with Crippen LogP contribution in [0.5, 0.6) is 5.75 Å². The second-order valence-corrected chi connectivity index (χ2v) is 8.23. The minimum absolute atomic E-state index is 0.175. The van der Waals surface area contributed by atoms with Gasteiger partial charge in [0.2, 0.25) is 0 Å². The summed E-state index contributed by atoms with van der Waals surface area (Å²) in [5.41, 5.74) is 5.07. The van der Waals surface area contributed by atoms with Crippen molar-refractivity contribution >= 4 is 6.03 Å². The van der Waals surface area contributed by atoms with E-state index in [-0.39, 0.29) is 16.9 Å². The first kappa shape index (κ1) is 19.3. The summed E-state index contributed by atoms with van der Waals surface area (Å²) in [6, 6.07) is 3.69. The summed E-state index contributed by atoms with van der Waals surface area (Å²) in [5.74, 6) is 0.353. The van der Waals surface area contributed by atoms with E-state index >= 15 is 0 Å². The van der Waals surface area contributed by atoms with Crippen LogP contribution in [-0.4, -0.2) is 30.2 Å². The van der Waals surface area contributed by atoms with E-state index in [4.69, 9.17) is 0 Å². The molecule has 23 heavy (non-hydrogen) atoms. The number of rotatable bonds is 3. The SMILES string of the molecule is CN(C)NC(=O)NCc1cc(C(C)(C)C)c(O)c(C(C)(C)C)c1. The van der Waals surface area contributed by atoms with Gasteiger partial charge in [-0.15, -0.1) is 0 Å². The standard InChI is InChI=1S/C18H31N3O2/c1-17(2,3)13-9-12(11-19-16(23)20-21(7)8)10-14(15(13)22)18(4,5)6/h9-10,22H,11H2,1-8H3,(H2,19,20,23). The molecule has 0 radical (unpaired) electrons. The van der Waals surface area contributed by atoms with Gasteiger partial charge in [-0.3, -0.25) is 5.43 Å². The monoisotopic (exact) mass is 321 g/mol. The molecule has 0 saturated carbocycles. The molecule has 0 aliphatic heterocycles. The average Bonchev–Trinajstić information content (AvgIpc) is 2.33. The van der Waals surface area contributed by atoms with Gasteiger partial charge in [0.25, 0.3) is 0 Å². The lowest BCUT2D eigenvalue weighted by Crippen LogP contribution is -2.43. The highest BCUT2D eigenvalue weighted by molar-refractivity contribution is 5.73. The molecule has 0 spiro atoms. The molecule has 0 aromatic heterocycles.